The van der Waals surface area contributed by atoms with Crippen LogP contribution in [0.2, 0.25) is 5.02 Å². The quantitative estimate of drug-likeness (QED) is 0.516. The molecular formula is C23H19ClN4O6. The van der Waals surface area contributed by atoms with E-state index in [4.69, 9.17) is 21.1 Å². The highest BCUT2D eigenvalue weighted by Crippen LogP contribution is 2.36. The predicted molar refractivity (Wildman–Crippen MR) is 123 cm³/mol. The number of amides is 2. The van der Waals surface area contributed by atoms with Gasteiger partial charge in [-0.15, -0.1) is 0 Å². The first-order valence-corrected chi connectivity index (χ1v) is 10.4. The van der Waals surface area contributed by atoms with Gasteiger partial charge in [0.05, 0.1) is 38.0 Å². The Morgan fingerprint density at radius 2 is 1.68 bits per heavy atom. The van der Waals surface area contributed by atoms with E-state index in [2.05, 4.69) is 15.7 Å². The van der Waals surface area contributed by atoms with Crippen molar-refractivity contribution in [3.63, 3.8) is 0 Å². The molecule has 0 aliphatic carbocycles. The molecule has 3 aromatic rings. The summed E-state index contributed by atoms with van der Waals surface area (Å²) in [6.07, 6.45) is 1.38. The molecule has 2 aromatic carbocycles. The van der Waals surface area contributed by atoms with Crippen LogP contribution < -0.4 is 10.6 Å². The van der Waals surface area contributed by atoms with E-state index in [1.54, 1.807) is 30.5 Å². The molecule has 11 heteroatoms. The summed E-state index contributed by atoms with van der Waals surface area (Å²) in [5, 5.41) is 10.2. The summed E-state index contributed by atoms with van der Waals surface area (Å²) in [7, 11) is 2.40. The van der Waals surface area contributed by atoms with Gasteiger partial charge in [0.2, 0.25) is 5.91 Å². The second-order valence-electron chi connectivity index (χ2n) is 7.40. The molecule has 0 saturated heterocycles. The van der Waals surface area contributed by atoms with Crippen LogP contribution in [0.4, 0.5) is 11.5 Å². The van der Waals surface area contributed by atoms with E-state index in [1.165, 1.54) is 37.1 Å². The van der Waals surface area contributed by atoms with Gasteiger partial charge in [-0.05, 0) is 35.9 Å². The van der Waals surface area contributed by atoms with Crippen LogP contribution in [0.15, 0.2) is 48.7 Å². The van der Waals surface area contributed by atoms with Gasteiger partial charge in [0.15, 0.2) is 0 Å². The number of esters is 2. The molecule has 1 aromatic heterocycles. The average molecular weight is 483 g/mol. The highest BCUT2D eigenvalue weighted by atomic mass is 35.5. The Balaban J connectivity index is 1.54. The van der Waals surface area contributed by atoms with Gasteiger partial charge in [0.25, 0.3) is 5.91 Å². The summed E-state index contributed by atoms with van der Waals surface area (Å²) in [6.45, 7) is 0. The van der Waals surface area contributed by atoms with E-state index in [0.29, 0.717) is 16.4 Å². The van der Waals surface area contributed by atoms with Crippen LogP contribution in [0.5, 0.6) is 0 Å². The van der Waals surface area contributed by atoms with E-state index in [9.17, 15) is 19.2 Å². The number of carbonyl (C=O) groups excluding carboxylic acids is 4. The Morgan fingerprint density at radius 1 is 1.06 bits per heavy atom. The molecule has 0 spiro atoms. The lowest BCUT2D eigenvalue weighted by Gasteiger charge is -2.12. The number of ether oxygens (including phenoxy) is 2. The van der Waals surface area contributed by atoms with Crippen LogP contribution in [0.25, 0.3) is 11.1 Å². The third-order valence-electron chi connectivity index (χ3n) is 5.23. The second kappa shape index (κ2) is 9.36. The molecule has 1 aliphatic rings. The number of nitrogens with one attached hydrogen (secondary N) is 2. The number of methoxy groups -OCH3 is 2. The molecule has 174 valence electrons. The molecule has 0 radical (unpaired) electrons. The Labute approximate surface area is 198 Å². The number of hydrogen-bond acceptors (Lipinski definition) is 7. The van der Waals surface area contributed by atoms with Gasteiger partial charge < -0.3 is 20.1 Å². The first-order valence-electron chi connectivity index (χ1n) is 10.1. The van der Waals surface area contributed by atoms with E-state index in [1.807, 2.05) is 0 Å². The fraction of sp³-hybridized carbons (Fsp3) is 0.174. The monoisotopic (exact) mass is 482 g/mol. The highest BCUT2D eigenvalue weighted by Gasteiger charge is 2.35. The smallest absolute Gasteiger partial charge is 0.337 e. The van der Waals surface area contributed by atoms with Gasteiger partial charge >= 0.3 is 11.9 Å². The van der Waals surface area contributed by atoms with Crippen LogP contribution in [-0.4, -0.2) is 47.8 Å². The maximum Gasteiger partial charge on any atom is 0.337 e. The number of aromatic nitrogens is 2. The molecule has 1 unspecified atom stereocenters. The largest absolute Gasteiger partial charge is 0.465 e. The molecule has 1 atom stereocenters. The number of benzene rings is 2. The lowest BCUT2D eigenvalue weighted by molar-refractivity contribution is -0.123. The maximum atomic E-state index is 12.8. The first kappa shape index (κ1) is 23.0. The number of anilines is 2. The molecule has 1 aliphatic heterocycles. The van der Waals surface area contributed by atoms with Crippen molar-refractivity contribution >= 4 is 46.9 Å². The van der Waals surface area contributed by atoms with Gasteiger partial charge in [0, 0.05) is 16.3 Å². The van der Waals surface area contributed by atoms with Crippen LogP contribution in [-0.2, 0) is 19.1 Å². The van der Waals surface area contributed by atoms with Crippen molar-refractivity contribution in [2.75, 3.05) is 24.9 Å². The number of nitrogens with zero attached hydrogens (tertiary/aromatic N) is 2. The molecule has 2 amide bonds. The number of hydrogen-bond donors (Lipinski definition) is 2. The van der Waals surface area contributed by atoms with Crippen molar-refractivity contribution in [2.45, 2.75) is 12.5 Å². The SMILES string of the molecule is COC(=O)c1cc(NC(=O)CC2C(=O)Nc3c(-c4ccc(Cl)cc4)cnn32)cc(C(=O)OC)c1. The van der Waals surface area contributed by atoms with E-state index in [-0.39, 0.29) is 29.1 Å². The summed E-state index contributed by atoms with van der Waals surface area (Å²) in [6, 6.07) is 10.2. The minimum Gasteiger partial charge on any atom is -0.465 e. The minimum atomic E-state index is -0.875. The summed E-state index contributed by atoms with van der Waals surface area (Å²) in [5.74, 6) is -1.80. The third kappa shape index (κ3) is 4.48. The zero-order valence-electron chi connectivity index (χ0n) is 18.1. The van der Waals surface area contributed by atoms with E-state index < -0.39 is 23.9 Å². The fourth-order valence-electron chi connectivity index (χ4n) is 3.61. The van der Waals surface area contributed by atoms with Crippen molar-refractivity contribution in [2.24, 2.45) is 0 Å². The maximum absolute atomic E-state index is 12.8. The molecule has 0 bridgehead atoms. The topological polar surface area (TPSA) is 129 Å². The van der Waals surface area contributed by atoms with Crippen LogP contribution >= 0.6 is 11.6 Å². The van der Waals surface area contributed by atoms with Crippen molar-refractivity contribution in [1.29, 1.82) is 0 Å². The molecule has 4 rings (SSSR count). The Bertz CT molecular complexity index is 1270. The average Bonchev–Trinajstić information content (AvgIpc) is 3.37. The van der Waals surface area contributed by atoms with Crippen LogP contribution in [0.1, 0.15) is 33.2 Å². The van der Waals surface area contributed by atoms with Crippen molar-refractivity contribution in [1.82, 2.24) is 9.78 Å². The molecular weight excluding hydrogens is 464 g/mol. The van der Waals surface area contributed by atoms with Crippen LogP contribution in [0.3, 0.4) is 0 Å². The zero-order valence-corrected chi connectivity index (χ0v) is 18.9. The molecule has 10 nitrogen and oxygen atoms in total. The summed E-state index contributed by atoms with van der Waals surface area (Å²) in [4.78, 5) is 49.3. The van der Waals surface area contributed by atoms with Gasteiger partial charge in [-0.25, -0.2) is 14.3 Å². The van der Waals surface area contributed by atoms with Gasteiger partial charge in [-0.3, -0.25) is 9.59 Å². The Kier molecular flexibility index (Phi) is 6.33. The zero-order chi connectivity index (χ0) is 24.4. The Morgan fingerprint density at radius 3 is 2.26 bits per heavy atom. The molecule has 34 heavy (non-hydrogen) atoms. The molecule has 2 N–H and O–H groups in total. The van der Waals surface area contributed by atoms with Gasteiger partial charge in [-0.1, -0.05) is 23.7 Å². The summed E-state index contributed by atoms with van der Waals surface area (Å²) >= 11 is 5.94. The van der Waals surface area contributed by atoms with Crippen molar-refractivity contribution in [3.05, 3.63) is 64.8 Å². The number of carbonyl (C=O) groups is 4. The van der Waals surface area contributed by atoms with E-state index >= 15 is 0 Å². The fourth-order valence-corrected chi connectivity index (χ4v) is 3.74. The lowest BCUT2D eigenvalue weighted by atomic mass is 10.1. The standard InChI is InChI=1S/C23H19ClN4O6/c1-33-22(31)13-7-14(23(32)34-2)9-16(8-13)26-19(29)10-18-21(30)27-20-17(11-25-28(18)20)12-3-5-15(24)6-4-12/h3-9,11,18H,10H2,1-2H3,(H,26,29)(H,27,30). The number of rotatable bonds is 6. The summed E-state index contributed by atoms with van der Waals surface area (Å²) < 4.78 is 10.8. The van der Waals surface area contributed by atoms with Crippen molar-refractivity contribution in [3.8, 4) is 11.1 Å². The number of fused-ring (bicyclic) bond motifs is 1. The highest BCUT2D eigenvalue weighted by molar-refractivity contribution is 6.30. The Hall–Kier alpha value is -4.18. The molecule has 0 fully saturated rings. The number of halogens is 1. The van der Waals surface area contributed by atoms with E-state index in [0.717, 1.165) is 5.56 Å². The van der Waals surface area contributed by atoms with Crippen LogP contribution in [0, 0.1) is 0 Å². The first-order chi connectivity index (χ1) is 16.3. The summed E-state index contributed by atoms with van der Waals surface area (Å²) in [5.41, 5.74) is 1.80. The third-order valence-corrected chi connectivity index (χ3v) is 5.48. The molecule has 2 heterocycles. The second-order valence-corrected chi connectivity index (χ2v) is 7.83. The lowest BCUT2D eigenvalue weighted by Crippen LogP contribution is -2.23. The predicted octanol–water partition coefficient (Wildman–Crippen LogP) is 3.30. The molecule has 0 saturated carbocycles. The minimum absolute atomic E-state index is 0.0567. The van der Waals surface area contributed by atoms with Gasteiger partial charge in [-0.2, -0.15) is 5.10 Å². The normalized spacial score (nSPS) is 14.2. The van der Waals surface area contributed by atoms with Gasteiger partial charge in [0.1, 0.15) is 11.9 Å². The van der Waals surface area contributed by atoms with Crippen molar-refractivity contribution < 1.29 is 28.7 Å².